The van der Waals surface area contributed by atoms with E-state index in [1.807, 2.05) is 0 Å². The first-order valence-corrected chi connectivity index (χ1v) is 5.89. The number of pyridine rings is 1. The normalized spacial score (nSPS) is 12.2. The van der Waals surface area contributed by atoms with Gasteiger partial charge in [-0.05, 0) is 13.0 Å². The van der Waals surface area contributed by atoms with Gasteiger partial charge in [0, 0.05) is 11.6 Å². The number of nitrogens with zero attached hydrogens (tertiary/aromatic N) is 3. The third kappa shape index (κ3) is 2.59. The maximum absolute atomic E-state index is 12.1. The van der Waals surface area contributed by atoms with Crippen LogP contribution in [0.3, 0.4) is 0 Å². The summed E-state index contributed by atoms with van der Waals surface area (Å²) in [4.78, 5) is 16.2. The molecule has 0 spiro atoms. The molecule has 0 saturated heterocycles. The number of aromatic nitrogens is 3. The summed E-state index contributed by atoms with van der Waals surface area (Å²) in [6.45, 7) is 1.51. The fourth-order valence-corrected chi connectivity index (χ4v) is 1.82. The number of methoxy groups -OCH3 is 1. The molecule has 7 heteroatoms. The van der Waals surface area contributed by atoms with Gasteiger partial charge < -0.3 is 9.84 Å². The minimum Gasteiger partial charge on any atom is -0.481 e. The van der Waals surface area contributed by atoms with Crippen molar-refractivity contribution < 1.29 is 9.84 Å². The van der Waals surface area contributed by atoms with E-state index >= 15 is 0 Å². The summed E-state index contributed by atoms with van der Waals surface area (Å²) in [7, 11) is 1.48. The monoisotopic (exact) mass is 281 g/mol. The lowest BCUT2D eigenvalue weighted by Crippen LogP contribution is -2.24. The minimum atomic E-state index is -0.861. The third-order valence-corrected chi connectivity index (χ3v) is 2.91. The molecule has 2 aromatic heterocycles. The van der Waals surface area contributed by atoms with Crippen molar-refractivity contribution in [2.45, 2.75) is 13.0 Å². The van der Waals surface area contributed by atoms with E-state index in [2.05, 4.69) is 10.1 Å². The molecular weight excluding hydrogens is 270 g/mol. The van der Waals surface area contributed by atoms with Crippen LogP contribution in [-0.4, -0.2) is 27.0 Å². The maximum atomic E-state index is 12.1. The fourth-order valence-electron chi connectivity index (χ4n) is 1.54. The highest BCUT2D eigenvalue weighted by atomic mass is 35.5. The van der Waals surface area contributed by atoms with Gasteiger partial charge in [0.25, 0.3) is 5.56 Å². The number of hydrogen-bond donors (Lipinski definition) is 1. The molecule has 0 bridgehead atoms. The van der Waals surface area contributed by atoms with Crippen LogP contribution in [0.25, 0.3) is 5.82 Å². The van der Waals surface area contributed by atoms with Crippen LogP contribution in [0, 0.1) is 0 Å². The van der Waals surface area contributed by atoms with Gasteiger partial charge in [-0.1, -0.05) is 17.7 Å². The highest BCUT2D eigenvalue weighted by molar-refractivity contribution is 6.31. The lowest BCUT2D eigenvalue weighted by atomic mass is 10.2. The first-order chi connectivity index (χ1) is 9.04. The second-order valence-corrected chi connectivity index (χ2v) is 4.22. The standard InChI is InChI=1S/C12H12ClN3O3/c1-7(17)8-6-14-16(12(18)11(8)13)9-4-3-5-10(15-9)19-2/h3-7,17H,1-2H3. The molecule has 19 heavy (non-hydrogen) atoms. The van der Waals surface area contributed by atoms with Crippen molar-refractivity contribution in [1.82, 2.24) is 14.8 Å². The zero-order valence-electron chi connectivity index (χ0n) is 10.4. The molecule has 0 amide bonds. The van der Waals surface area contributed by atoms with Crippen molar-refractivity contribution in [3.8, 4) is 11.7 Å². The summed E-state index contributed by atoms with van der Waals surface area (Å²) in [5.74, 6) is 0.658. The number of rotatable bonds is 3. The van der Waals surface area contributed by atoms with Gasteiger partial charge in [0.2, 0.25) is 5.88 Å². The van der Waals surface area contributed by atoms with E-state index in [0.717, 1.165) is 4.68 Å². The topological polar surface area (TPSA) is 77.2 Å². The predicted molar refractivity (Wildman–Crippen MR) is 69.8 cm³/mol. The first-order valence-electron chi connectivity index (χ1n) is 5.52. The number of ether oxygens (including phenoxy) is 1. The molecule has 1 N–H and O–H groups in total. The molecular formula is C12H12ClN3O3. The molecule has 2 aromatic rings. The highest BCUT2D eigenvalue weighted by Gasteiger charge is 2.14. The van der Waals surface area contributed by atoms with Gasteiger partial charge in [0.1, 0.15) is 5.02 Å². The van der Waals surface area contributed by atoms with Crippen molar-refractivity contribution in [2.24, 2.45) is 0 Å². The van der Waals surface area contributed by atoms with E-state index in [0.29, 0.717) is 11.7 Å². The van der Waals surface area contributed by atoms with E-state index in [-0.39, 0.29) is 10.6 Å². The Bertz CT molecular complexity index is 655. The summed E-state index contributed by atoms with van der Waals surface area (Å²) in [5, 5.41) is 13.3. The van der Waals surface area contributed by atoms with E-state index in [4.69, 9.17) is 16.3 Å². The molecule has 2 heterocycles. The quantitative estimate of drug-likeness (QED) is 0.919. The number of aliphatic hydroxyl groups excluding tert-OH is 1. The van der Waals surface area contributed by atoms with Gasteiger partial charge in [0.15, 0.2) is 5.82 Å². The van der Waals surface area contributed by atoms with Crippen LogP contribution in [-0.2, 0) is 0 Å². The Kier molecular flexibility index (Phi) is 3.82. The Balaban J connectivity index is 2.57. The van der Waals surface area contributed by atoms with Gasteiger partial charge in [-0.2, -0.15) is 14.8 Å². The summed E-state index contributed by atoms with van der Waals surface area (Å²) in [6.07, 6.45) is 0.482. The number of hydrogen-bond acceptors (Lipinski definition) is 5. The lowest BCUT2D eigenvalue weighted by molar-refractivity contribution is 0.198. The lowest BCUT2D eigenvalue weighted by Gasteiger charge is -2.09. The predicted octanol–water partition coefficient (Wildman–Crippen LogP) is 1.34. The average molecular weight is 282 g/mol. The van der Waals surface area contributed by atoms with Crippen LogP contribution in [0.5, 0.6) is 5.88 Å². The second kappa shape index (κ2) is 5.38. The molecule has 6 nitrogen and oxygen atoms in total. The van der Waals surface area contributed by atoms with Crippen molar-refractivity contribution in [3.05, 3.63) is 45.3 Å². The molecule has 0 aliphatic carbocycles. The van der Waals surface area contributed by atoms with Crippen molar-refractivity contribution in [1.29, 1.82) is 0 Å². The van der Waals surface area contributed by atoms with Crippen LogP contribution in [0.1, 0.15) is 18.6 Å². The second-order valence-electron chi connectivity index (χ2n) is 3.84. The smallest absolute Gasteiger partial charge is 0.292 e. The van der Waals surface area contributed by atoms with Gasteiger partial charge >= 0.3 is 0 Å². The molecule has 1 unspecified atom stereocenters. The summed E-state index contributed by atoms with van der Waals surface area (Å²) in [6, 6.07) is 4.95. The molecule has 0 saturated carbocycles. The number of aliphatic hydroxyl groups is 1. The zero-order valence-corrected chi connectivity index (χ0v) is 11.1. The third-order valence-electron chi connectivity index (χ3n) is 2.53. The van der Waals surface area contributed by atoms with Crippen molar-refractivity contribution >= 4 is 11.6 Å². The molecule has 0 radical (unpaired) electrons. The minimum absolute atomic E-state index is 0.0744. The molecule has 2 rings (SSSR count). The Labute approximate surface area is 114 Å². The number of halogens is 1. The Morgan fingerprint density at radius 1 is 1.47 bits per heavy atom. The molecule has 1 atom stereocenters. The highest BCUT2D eigenvalue weighted by Crippen LogP contribution is 2.18. The molecule has 0 aliphatic heterocycles. The molecule has 0 fully saturated rings. The summed E-state index contributed by atoms with van der Waals surface area (Å²) < 4.78 is 6.03. The van der Waals surface area contributed by atoms with Gasteiger partial charge in [-0.25, -0.2) is 0 Å². The Morgan fingerprint density at radius 2 is 2.21 bits per heavy atom. The Morgan fingerprint density at radius 3 is 2.84 bits per heavy atom. The van der Waals surface area contributed by atoms with Crippen LogP contribution >= 0.6 is 11.6 Å². The van der Waals surface area contributed by atoms with Gasteiger partial charge in [-0.3, -0.25) is 4.79 Å². The molecule has 100 valence electrons. The zero-order chi connectivity index (χ0) is 14.0. The van der Waals surface area contributed by atoms with Crippen LogP contribution in [0.15, 0.2) is 29.2 Å². The SMILES string of the molecule is COc1cccc(-n2ncc(C(C)O)c(Cl)c2=O)n1. The van der Waals surface area contributed by atoms with Crippen LogP contribution in [0.2, 0.25) is 5.02 Å². The van der Waals surface area contributed by atoms with E-state index in [9.17, 15) is 9.90 Å². The van der Waals surface area contributed by atoms with E-state index < -0.39 is 11.7 Å². The average Bonchev–Trinajstić information content (AvgIpc) is 2.41. The fraction of sp³-hybridized carbons (Fsp3) is 0.250. The van der Waals surface area contributed by atoms with Crippen molar-refractivity contribution in [3.63, 3.8) is 0 Å². The summed E-state index contributed by atoms with van der Waals surface area (Å²) >= 11 is 5.92. The van der Waals surface area contributed by atoms with Crippen molar-refractivity contribution in [2.75, 3.05) is 7.11 Å². The van der Waals surface area contributed by atoms with Gasteiger partial charge in [0.05, 0.1) is 19.4 Å². The van der Waals surface area contributed by atoms with E-state index in [1.54, 1.807) is 18.2 Å². The van der Waals surface area contributed by atoms with Crippen LogP contribution < -0.4 is 10.3 Å². The molecule has 0 aromatic carbocycles. The van der Waals surface area contributed by atoms with Gasteiger partial charge in [-0.15, -0.1) is 0 Å². The van der Waals surface area contributed by atoms with E-state index in [1.165, 1.54) is 20.2 Å². The van der Waals surface area contributed by atoms with Crippen LogP contribution in [0.4, 0.5) is 0 Å². The Hall–Kier alpha value is -1.92. The maximum Gasteiger partial charge on any atom is 0.292 e. The largest absolute Gasteiger partial charge is 0.481 e. The molecule has 0 aliphatic rings. The first kappa shape index (κ1) is 13.5. The summed E-state index contributed by atoms with van der Waals surface area (Å²) in [5.41, 5.74) is -0.258.